The van der Waals surface area contributed by atoms with Crippen molar-refractivity contribution in [3.05, 3.63) is 24.0 Å². The van der Waals surface area contributed by atoms with Crippen molar-refractivity contribution in [2.45, 2.75) is 33.0 Å². The Kier molecular flexibility index (Phi) is 5.24. The van der Waals surface area contributed by atoms with Crippen LogP contribution in [-0.2, 0) is 17.9 Å². The second-order valence-corrected chi connectivity index (χ2v) is 4.10. The molecule has 5 heteroatoms. The lowest BCUT2D eigenvalue weighted by Crippen LogP contribution is -2.29. The lowest BCUT2D eigenvalue weighted by Gasteiger charge is -2.11. The van der Waals surface area contributed by atoms with E-state index in [0.717, 1.165) is 12.2 Å². The Balaban J connectivity index is 2.51. The van der Waals surface area contributed by atoms with Crippen LogP contribution in [0.15, 0.2) is 18.3 Å². The van der Waals surface area contributed by atoms with Gasteiger partial charge in [0.1, 0.15) is 13.1 Å². The van der Waals surface area contributed by atoms with Crippen molar-refractivity contribution in [1.29, 1.82) is 5.26 Å². The van der Waals surface area contributed by atoms with E-state index < -0.39 is 0 Å². The minimum absolute atomic E-state index is 0.0552. The number of amides is 1. The molecule has 0 saturated heterocycles. The molecule has 0 spiro atoms. The molecule has 0 bridgehead atoms. The highest BCUT2D eigenvalue weighted by Gasteiger charge is 2.06. The Labute approximate surface area is 101 Å². The fraction of sp³-hybridized carbons (Fsp3) is 0.500. The lowest BCUT2D eigenvalue weighted by atomic mass is 10.3. The van der Waals surface area contributed by atoms with Crippen molar-refractivity contribution in [2.75, 3.05) is 6.54 Å². The van der Waals surface area contributed by atoms with E-state index >= 15 is 0 Å². The first-order valence-corrected chi connectivity index (χ1v) is 5.64. The van der Waals surface area contributed by atoms with Gasteiger partial charge in [-0.1, -0.05) is 13.8 Å². The van der Waals surface area contributed by atoms with Crippen LogP contribution in [0.4, 0.5) is 0 Å². The molecule has 0 aliphatic heterocycles. The first-order valence-electron chi connectivity index (χ1n) is 5.64. The molecule has 17 heavy (non-hydrogen) atoms. The molecule has 0 atom stereocenters. The molecular weight excluding hydrogens is 216 g/mol. The number of nitrogens with zero attached hydrogens (tertiary/aromatic N) is 2. The molecule has 1 heterocycles. The number of rotatable bonds is 6. The van der Waals surface area contributed by atoms with Gasteiger partial charge in [-0.3, -0.25) is 4.79 Å². The van der Waals surface area contributed by atoms with E-state index in [9.17, 15) is 4.79 Å². The van der Waals surface area contributed by atoms with Crippen molar-refractivity contribution in [3.8, 4) is 6.07 Å². The van der Waals surface area contributed by atoms with E-state index in [0.29, 0.717) is 6.04 Å². The van der Waals surface area contributed by atoms with E-state index in [1.54, 1.807) is 0 Å². The van der Waals surface area contributed by atoms with Crippen molar-refractivity contribution in [3.63, 3.8) is 0 Å². The predicted molar refractivity (Wildman–Crippen MR) is 65.0 cm³/mol. The van der Waals surface area contributed by atoms with E-state index in [2.05, 4.69) is 24.5 Å². The number of hydrogen-bond donors (Lipinski definition) is 2. The van der Waals surface area contributed by atoms with Gasteiger partial charge in [-0.05, 0) is 12.1 Å². The standard InChI is InChI=1S/C12H18N4O/c1-10(2)15-8-11-4-3-7-16(11)9-12(17)14-6-5-13/h3-4,7,10,15H,6,8-9H2,1-2H3,(H,14,17). The SMILES string of the molecule is CC(C)NCc1cccn1CC(=O)NCC#N. The summed E-state index contributed by atoms with van der Waals surface area (Å²) in [5, 5.41) is 14.2. The number of carbonyl (C=O) groups excluding carboxylic acids is 1. The Hall–Kier alpha value is -1.80. The molecule has 0 aliphatic carbocycles. The van der Waals surface area contributed by atoms with Gasteiger partial charge in [0.05, 0.1) is 6.07 Å². The molecule has 1 aromatic heterocycles. The highest BCUT2D eigenvalue weighted by atomic mass is 16.1. The molecule has 5 nitrogen and oxygen atoms in total. The van der Waals surface area contributed by atoms with Crippen LogP contribution in [0, 0.1) is 11.3 Å². The number of nitriles is 1. The number of carbonyl (C=O) groups is 1. The zero-order chi connectivity index (χ0) is 12.7. The van der Waals surface area contributed by atoms with E-state index in [1.807, 2.05) is 29.0 Å². The van der Waals surface area contributed by atoms with Crippen LogP contribution in [-0.4, -0.2) is 23.1 Å². The van der Waals surface area contributed by atoms with Crippen molar-refractivity contribution in [1.82, 2.24) is 15.2 Å². The summed E-state index contributed by atoms with van der Waals surface area (Å²) in [7, 11) is 0. The van der Waals surface area contributed by atoms with Crippen LogP contribution < -0.4 is 10.6 Å². The third-order valence-electron chi connectivity index (χ3n) is 2.29. The predicted octanol–water partition coefficient (Wildman–Crippen LogP) is 0.626. The summed E-state index contributed by atoms with van der Waals surface area (Å²) in [6.45, 7) is 5.19. The molecule has 0 unspecified atom stereocenters. The zero-order valence-electron chi connectivity index (χ0n) is 10.2. The Morgan fingerprint density at radius 3 is 3.00 bits per heavy atom. The maximum absolute atomic E-state index is 11.5. The van der Waals surface area contributed by atoms with Crippen LogP contribution in [0.3, 0.4) is 0 Å². The molecule has 1 amide bonds. The highest BCUT2D eigenvalue weighted by Crippen LogP contribution is 2.02. The third kappa shape index (κ3) is 4.70. The monoisotopic (exact) mass is 234 g/mol. The summed E-state index contributed by atoms with van der Waals surface area (Å²) >= 11 is 0. The van der Waals surface area contributed by atoms with E-state index in [4.69, 9.17) is 5.26 Å². The topological polar surface area (TPSA) is 69.8 Å². The van der Waals surface area contributed by atoms with Gasteiger partial charge in [0.25, 0.3) is 0 Å². The smallest absolute Gasteiger partial charge is 0.240 e. The van der Waals surface area contributed by atoms with E-state index in [1.165, 1.54) is 0 Å². The molecule has 0 radical (unpaired) electrons. The highest BCUT2D eigenvalue weighted by molar-refractivity contribution is 5.76. The second-order valence-electron chi connectivity index (χ2n) is 4.10. The molecule has 0 fully saturated rings. The van der Waals surface area contributed by atoms with Crippen molar-refractivity contribution in [2.24, 2.45) is 0 Å². The summed E-state index contributed by atoms with van der Waals surface area (Å²) < 4.78 is 1.88. The van der Waals surface area contributed by atoms with Crippen LogP contribution in [0.1, 0.15) is 19.5 Å². The van der Waals surface area contributed by atoms with Crippen molar-refractivity contribution >= 4 is 5.91 Å². The molecular formula is C12H18N4O. The van der Waals surface area contributed by atoms with Gasteiger partial charge in [0, 0.05) is 24.5 Å². The molecule has 92 valence electrons. The van der Waals surface area contributed by atoms with Gasteiger partial charge in [-0.15, -0.1) is 0 Å². The molecule has 1 aromatic rings. The quantitative estimate of drug-likeness (QED) is 0.709. The molecule has 2 N–H and O–H groups in total. The summed E-state index contributed by atoms with van der Waals surface area (Å²) in [5.74, 6) is -0.145. The largest absolute Gasteiger partial charge is 0.341 e. The van der Waals surface area contributed by atoms with Crippen LogP contribution in [0.2, 0.25) is 0 Å². The number of hydrogen-bond acceptors (Lipinski definition) is 3. The average molecular weight is 234 g/mol. The molecule has 0 saturated carbocycles. The zero-order valence-corrected chi connectivity index (χ0v) is 10.2. The fourth-order valence-electron chi connectivity index (χ4n) is 1.42. The Bertz CT molecular complexity index is 403. The van der Waals surface area contributed by atoms with Crippen LogP contribution in [0.5, 0.6) is 0 Å². The summed E-state index contributed by atoms with van der Waals surface area (Å²) in [6.07, 6.45) is 1.86. The third-order valence-corrected chi connectivity index (χ3v) is 2.29. The molecule has 0 aliphatic rings. The van der Waals surface area contributed by atoms with Gasteiger partial charge in [-0.2, -0.15) is 5.26 Å². The Morgan fingerprint density at radius 2 is 2.35 bits per heavy atom. The van der Waals surface area contributed by atoms with Gasteiger partial charge in [0.15, 0.2) is 0 Å². The van der Waals surface area contributed by atoms with Crippen LogP contribution >= 0.6 is 0 Å². The van der Waals surface area contributed by atoms with Crippen molar-refractivity contribution < 1.29 is 4.79 Å². The van der Waals surface area contributed by atoms with Gasteiger partial charge in [0.2, 0.25) is 5.91 Å². The maximum Gasteiger partial charge on any atom is 0.240 e. The van der Waals surface area contributed by atoms with E-state index in [-0.39, 0.29) is 19.0 Å². The van der Waals surface area contributed by atoms with Gasteiger partial charge < -0.3 is 15.2 Å². The average Bonchev–Trinajstić information content (AvgIpc) is 2.71. The summed E-state index contributed by atoms with van der Waals surface area (Å²) in [6, 6.07) is 6.18. The molecule has 0 aromatic carbocycles. The van der Waals surface area contributed by atoms with Gasteiger partial charge >= 0.3 is 0 Å². The number of nitrogens with one attached hydrogen (secondary N) is 2. The Morgan fingerprint density at radius 1 is 1.59 bits per heavy atom. The van der Waals surface area contributed by atoms with Crippen LogP contribution in [0.25, 0.3) is 0 Å². The normalized spacial score (nSPS) is 10.2. The first kappa shape index (κ1) is 13.3. The van der Waals surface area contributed by atoms with Gasteiger partial charge in [-0.25, -0.2) is 0 Å². The summed E-state index contributed by atoms with van der Waals surface area (Å²) in [5.41, 5.74) is 1.06. The fourth-order valence-corrected chi connectivity index (χ4v) is 1.42. The lowest BCUT2D eigenvalue weighted by molar-refractivity contribution is -0.121. The maximum atomic E-state index is 11.5. The first-order chi connectivity index (χ1) is 8.13. The summed E-state index contributed by atoms with van der Waals surface area (Å²) in [4.78, 5) is 11.5. The number of aromatic nitrogens is 1. The minimum Gasteiger partial charge on any atom is -0.341 e. The molecule has 1 rings (SSSR count). The minimum atomic E-state index is -0.145. The second kappa shape index (κ2) is 6.71.